The number of aromatic amines is 1. The average Bonchev–Trinajstić information content (AvgIpc) is 3.06. The van der Waals surface area contributed by atoms with E-state index in [2.05, 4.69) is 71.8 Å². The van der Waals surface area contributed by atoms with Gasteiger partial charge in [0.05, 0.1) is 0 Å². The average molecular weight is 356 g/mol. The number of fused-ring (bicyclic) bond motifs is 1. The maximum atomic E-state index is 4.81. The number of hydrogen-bond donors (Lipinski definition) is 3. The minimum absolute atomic E-state index is 0.524. The zero-order valence-electron chi connectivity index (χ0n) is 16.4. The molecule has 0 aliphatic carbocycles. The molecular formula is C21H33N5. The van der Waals surface area contributed by atoms with Gasteiger partial charge >= 0.3 is 0 Å². The van der Waals surface area contributed by atoms with E-state index < -0.39 is 0 Å². The molecule has 142 valence electrons. The van der Waals surface area contributed by atoms with Crippen molar-refractivity contribution in [3.05, 3.63) is 36.0 Å². The van der Waals surface area contributed by atoms with Gasteiger partial charge in [0.25, 0.3) is 0 Å². The minimum atomic E-state index is 0.524. The fourth-order valence-electron chi connectivity index (χ4n) is 3.70. The van der Waals surface area contributed by atoms with Gasteiger partial charge in [0, 0.05) is 55.4 Å². The highest BCUT2D eigenvalue weighted by atomic mass is 15.2. The number of nitrogens with one attached hydrogen (secondary N) is 3. The van der Waals surface area contributed by atoms with Crippen molar-refractivity contribution >= 4 is 16.9 Å². The molecule has 1 aliphatic heterocycles. The zero-order chi connectivity index (χ0) is 18.4. The van der Waals surface area contributed by atoms with Crippen LogP contribution in [0.25, 0.3) is 10.9 Å². The third-order valence-electron chi connectivity index (χ3n) is 5.27. The molecule has 1 fully saturated rings. The number of nitrogens with zero attached hydrogens (tertiary/aromatic N) is 2. The van der Waals surface area contributed by atoms with E-state index in [1.807, 2.05) is 0 Å². The third-order valence-corrected chi connectivity index (χ3v) is 5.27. The van der Waals surface area contributed by atoms with Crippen LogP contribution in [0.5, 0.6) is 0 Å². The summed E-state index contributed by atoms with van der Waals surface area (Å²) in [6, 6.07) is 9.63. The van der Waals surface area contributed by atoms with Crippen LogP contribution in [-0.2, 0) is 6.42 Å². The Morgan fingerprint density at radius 1 is 1.27 bits per heavy atom. The minimum Gasteiger partial charge on any atom is -0.361 e. The molecule has 1 aromatic carbocycles. The van der Waals surface area contributed by atoms with Gasteiger partial charge in [-0.15, -0.1) is 0 Å². The molecule has 5 heteroatoms. The van der Waals surface area contributed by atoms with E-state index in [1.54, 1.807) is 0 Å². The molecule has 3 N–H and O–H groups in total. The van der Waals surface area contributed by atoms with Crippen molar-refractivity contribution in [2.75, 3.05) is 26.2 Å². The van der Waals surface area contributed by atoms with Crippen LogP contribution in [0, 0.1) is 0 Å². The van der Waals surface area contributed by atoms with E-state index in [0.717, 1.165) is 25.5 Å². The lowest BCUT2D eigenvalue weighted by atomic mass is 10.0. The fraction of sp³-hybridized carbons (Fsp3) is 0.571. The van der Waals surface area contributed by atoms with E-state index >= 15 is 0 Å². The van der Waals surface area contributed by atoms with Crippen LogP contribution in [0.15, 0.2) is 35.5 Å². The number of likely N-dealkylation sites (tertiary alicyclic amines) is 1. The van der Waals surface area contributed by atoms with Gasteiger partial charge in [0.1, 0.15) is 0 Å². The van der Waals surface area contributed by atoms with E-state index in [-0.39, 0.29) is 0 Å². The molecular weight excluding hydrogens is 322 g/mol. The van der Waals surface area contributed by atoms with Crippen LogP contribution in [0.4, 0.5) is 0 Å². The normalized spacial score (nSPS) is 17.2. The second-order valence-electron chi connectivity index (χ2n) is 7.42. The van der Waals surface area contributed by atoms with Crippen LogP contribution in [-0.4, -0.2) is 54.1 Å². The Balaban J connectivity index is 1.54. The van der Waals surface area contributed by atoms with E-state index in [9.17, 15) is 0 Å². The van der Waals surface area contributed by atoms with Crippen molar-refractivity contribution in [3.8, 4) is 0 Å². The summed E-state index contributed by atoms with van der Waals surface area (Å²) in [5.74, 6) is 0.954. The Bertz CT molecular complexity index is 710. The molecule has 0 amide bonds. The number of H-pyrrole nitrogens is 1. The first-order chi connectivity index (χ1) is 12.7. The van der Waals surface area contributed by atoms with Crippen LogP contribution in [0.1, 0.15) is 39.2 Å². The highest BCUT2D eigenvalue weighted by molar-refractivity contribution is 5.83. The van der Waals surface area contributed by atoms with E-state index in [0.29, 0.717) is 12.1 Å². The quantitative estimate of drug-likeness (QED) is 0.551. The molecule has 1 aliphatic rings. The molecule has 26 heavy (non-hydrogen) atoms. The lowest BCUT2D eigenvalue weighted by molar-refractivity contribution is 0.167. The molecule has 2 heterocycles. The van der Waals surface area contributed by atoms with Crippen molar-refractivity contribution in [2.45, 2.75) is 52.1 Å². The van der Waals surface area contributed by atoms with Gasteiger partial charge in [0.2, 0.25) is 0 Å². The van der Waals surface area contributed by atoms with Gasteiger partial charge in [-0.25, -0.2) is 0 Å². The number of guanidine groups is 1. The highest BCUT2D eigenvalue weighted by Crippen LogP contribution is 2.18. The maximum absolute atomic E-state index is 4.81. The smallest absolute Gasteiger partial charge is 0.191 e. The molecule has 0 saturated carbocycles. The first-order valence-corrected chi connectivity index (χ1v) is 10.0. The maximum Gasteiger partial charge on any atom is 0.191 e. The van der Waals surface area contributed by atoms with Gasteiger partial charge in [-0.3, -0.25) is 4.99 Å². The van der Waals surface area contributed by atoms with Crippen LogP contribution >= 0.6 is 0 Å². The summed E-state index contributed by atoms with van der Waals surface area (Å²) < 4.78 is 0. The Kier molecular flexibility index (Phi) is 6.56. The highest BCUT2D eigenvalue weighted by Gasteiger charge is 2.21. The number of benzene rings is 1. The second kappa shape index (κ2) is 9.08. The predicted octanol–water partition coefficient (Wildman–Crippen LogP) is 3.14. The van der Waals surface area contributed by atoms with Gasteiger partial charge < -0.3 is 20.5 Å². The van der Waals surface area contributed by atoms with Crippen LogP contribution < -0.4 is 10.6 Å². The topological polar surface area (TPSA) is 55.5 Å². The van der Waals surface area contributed by atoms with E-state index in [1.165, 1.54) is 42.4 Å². The lowest BCUT2D eigenvalue weighted by Gasteiger charge is -2.35. The van der Waals surface area contributed by atoms with Crippen LogP contribution in [0.2, 0.25) is 0 Å². The third kappa shape index (κ3) is 4.79. The number of rotatable bonds is 6. The molecule has 3 rings (SSSR count). The Morgan fingerprint density at radius 3 is 2.77 bits per heavy atom. The van der Waals surface area contributed by atoms with Crippen molar-refractivity contribution < 1.29 is 0 Å². The van der Waals surface area contributed by atoms with Crippen molar-refractivity contribution in [1.29, 1.82) is 0 Å². The number of piperidine rings is 1. The van der Waals surface area contributed by atoms with Gasteiger partial charge in [-0.2, -0.15) is 0 Å². The Labute approximate surface area is 157 Å². The zero-order valence-corrected chi connectivity index (χ0v) is 16.4. The summed E-state index contributed by atoms with van der Waals surface area (Å²) in [6.07, 6.45) is 5.44. The van der Waals surface area contributed by atoms with Gasteiger partial charge in [-0.05, 0) is 51.7 Å². The summed E-state index contributed by atoms with van der Waals surface area (Å²) in [5, 5.41) is 8.34. The van der Waals surface area contributed by atoms with Crippen molar-refractivity contribution in [3.63, 3.8) is 0 Å². The number of aliphatic imine (C=N–C) groups is 1. The monoisotopic (exact) mass is 355 g/mol. The Hall–Kier alpha value is -2.01. The largest absolute Gasteiger partial charge is 0.361 e. The van der Waals surface area contributed by atoms with Crippen LogP contribution in [0.3, 0.4) is 0 Å². The molecule has 5 nitrogen and oxygen atoms in total. The number of para-hydroxylation sites is 1. The summed E-state index contributed by atoms with van der Waals surface area (Å²) >= 11 is 0. The molecule has 1 aromatic heterocycles. The second-order valence-corrected chi connectivity index (χ2v) is 7.42. The predicted molar refractivity (Wildman–Crippen MR) is 111 cm³/mol. The van der Waals surface area contributed by atoms with Gasteiger partial charge in [0.15, 0.2) is 5.96 Å². The van der Waals surface area contributed by atoms with Crippen molar-refractivity contribution in [1.82, 2.24) is 20.5 Å². The van der Waals surface area contributed by atoms with Crippen molar-refractivity contribution in [2.24, 2.45) is 4.99 Å². The molecule has 1 saturated heterocycles. The fourth-order valence-corrected chi connectivity index (χ4v) is 3.70. The number of hydrogen-bond acceptors (Lipinski definition) is 2. The van der Waals surface area contributed by atoms with E-state index in [4.69, 9.17) is 4.99 Å². The van der Waals surface area contributed by atoms with Gasteiger partial charge in [-0.1, -0.05) is 18.2 Å². The number of aromatic nitrogens is 1. The molecule has 0 radical (unpaired) electrons. The summed E-state index contributed by atoms with van der Waals surface area (Å²) in [5.41, 5.74) is 2.54. The Morgan fingerprint density at radius 2 is 2.04 bits per heavy atom. The molecule has 0 spiro atoms. The first-order valence-electron chi connectivity index (χ1n) is 10.0. The molecule has 0 atom stereocenters. The first kappa shape index (κ1) is 18.8. The standard InChI is InChI=1S/C21H33N5/c1-4-22-21(25-18-10-13-26(14-11-18)16(2)3)23-12-9-17-15-24-20-8-6-5-7-19(17)20/h5-8,15-16,18,24H,4,9-14H2,1-3H3,(H2,22,23,25). The molecule has 0 unspecified atom stereocenters. The summed E-state index contributed by atoms with van der Waals surface area (Å²) in [4.78, 5) is 10.7. The summed E-state index contributed by atoms with van der Waals surface area (Å²) in [6.45, 7) is 10.7. The SMILES string of the molecule is CCNC(=NCCc1c[nH]c2ccccc12)NC1CCN(C(C)C)CC1. The summed E-state index contributed by atoms with van der Waals surface area (Å²) in [7, 11) is 0. The molecule has 2 aromatic rings. The molecule has 0 bridgehead atoms. The lowest BCUT2D eigenvalue weighted by Crippen LogP contribution is -2.49.